The van der Waals surface area contributed by atoms with E-state index in [-0.39, 0.29) is 31.1 Å². The van der Waals surface area contributed by atoms with Gasteiger partial charge in [-0.3, -0.25) is 9.69 Å². The van der Waals surface area contributed by atoms with Crippen LogP contribution < -0.4 is 5.32 Å². The smallest absolute Gasteiger partial charge is 0.475 e. The Balaban J connectivity index is 0.000000451. The first kappa shape index (κ1) is 25.3. The van der Waals surface area contributed by atoms with Crippen LogP contribution in [-0.4, -0.2) is 62.4 Å². The van der Waals surface area contributed by atoms with E-state index >= 15 is 0 Å². The Labute approximate surface area is 183 Å². The highest BCUT2D eigenvalue weighted by Gasteiger charge is 2.38. The van der Waals surface area contributed by atoms with Gasteiger partial charge in [0.15, 0.2) is 0 Å². The molecule has 2 heterocycles. The van der Waals surface area contributed by atoms with E-state index in [0.29, 0.717) is 6.54 Å². The highest BCUT2D eigenvalue weighted by atomic mass is 19.4. The second kappa shape index (κ2) is 11.1. The Bertz CT molecular complexity index is 900. The van der Waals surface area contributed by atoms with Crippen molar-refractivity contribution in [2.75, 3.05) is 19.7 Å². The summed E-state index contributed by atoms with van der Waals surface area (Å²) in [4.78, 5) is 28.5. The number of rotatable bonds is 6. The Morgan fingerprint density at radius 3 is 2.41 bits per heavy atom. The van der Waals surface area contributed by atoms with E-state index in [1.54, 1.807) is 0 Å². The molecule has 1 aliphatic rings. The number of fused-ring (bicyclic) bond motifs is 1. The quantitative estimate of drug-likeness (QED) is 0.616. The molecule has 1 atom stereocenters. The molecule has 1 aliphatic heterocycles. The van der Waals surface area contributed by atoms with Gasteiger partial charge in [-0.15, -0.1) is 0 Å². The maximum atomic E-state index is 12.9. The lowest BCUT2D eigenvalue weighted by Gasteiger charge is -2.35. The van der Waals surface area contributed by atoms with Crippen molar-refractivity contribution in [3.8, 4) is 0 Å². The van der Waals surface area contributed by atoms with Gasteiger partial charge in [-0.2, -0.15) is 13.2 Å². The highest BCUT2D eigenvalue weighted by molar-refractivity contribution is 5.83. The molecule has 0 fully saturated rings. The molecule has 0 saturated heterocycles. The van der Waals surface area contributed by atoms with Crippen LogP contribution in [0.1, 0.15) is 42.9 Å². The first-order chi connectivity index (χ1) is 15.1. The predicted molar refractivity (Wildman–Crippen MR) is 110 cm³/mol. The van der Waals surface area contributed by atoms with Crippen molar-refractivity contribution in [1.29, 1.82) is 0 Å². The summed E-state index contributed by atoms with van der Waals surface area (Å²) in [7, 11) is 0. The zero-order valence-corrected chi connectivity index (χ0v) is 17.8. The molecule has 176 valence electrons. The van der Waals surface area contributed by atoms with Gasteiger partial charge < -0.3 is 20.1 Å². The molecule has 2 aromatic rings. The van der Waals surface area contributed by atoms with Crippen molar-refractivity contribution in [2.45, 2.75) is 45.1 Å². The Morgan fingerprint density at radius 2 is 1.88 bits per heavy atom. The number of amides is 1. The fourth-order valence-corrected chi connectivity index (χ4v) is 3.42. The van der Waals surface area contributed by atoms with E-state index in [0.717, 1.165) is 24.4 Å². The topological polar surface area (TPSA) is 108 Å². The van der Waals surface area contributed by atoms with Gasteiger partial charge in [-0.25, -0.2) is 9.78 Å². The summed E-state index contributed by atoms with van der Waals surface area (Å²) in [5.41, 5.74) is 3.16. The van der Waals surface area contributed by atoms with Gasteiger partial charge in [0.2, 0.25) is 5.91 Å². The van der Waals surface area contributed by atoms with Gasteiger partial charge in [0, 0.05) is 32.1 Å². The van der Waals surface area contributed by atoms with E-state index in [1.165, 1.54) is 5.56 Å². The lowest BCUT2D eigenvalue weighted by Crippen LogP contribution is -2.45. The van der Waals surface area contributed by atoms with Crippen LogP contribution in [0.2, 0.25) is 0 Å². The lowest BCUT2D eigenvalue weighted by molar-refractivity contribution is -0.192. The molecule has 1 aromatic carbocycles. The standard InChI is InChI=1S/C19H26N4O2.C2HF3O2/c1-14(2)23-13-21-16-8-10-22(12-15-6-4-3-5-7-15)18(17(16)23)19(25)20-9-11-24;3-2(4,5)1(6)7/h3-7,13-14,18,24H,8-12H2,1-2H3,(H,20,25);(H,6,7). The van der Waals surface area contributed by atoms with E-state index in [1.807, 2.05) is 24.5 Å². The fraction of sp³-hybridized carbons (Fsp3) is 0.476. The number of aliphatic carboxylic acids is 1. The third kappa shape index (κ3) is 6.54. The number of aliphatic hydroxyl groups excluding tert-OH is 1. The number of benzene rings is 1. The van der Waals surface area contributed by atoms with Crippen molar-refractivity contribution in [1.82, 2.24) is 19.8 Å². The van der Waals surface area contributed by atoms with Crippen LogP contribution in [0.5, 0.6) is 0 Å². The highest BCUT2D eigenvalue weighted by Crippen LogP contribution is 2.32. The Hall–Kier alpha value is -2.92. The molecule has 0 aliphatic carbocycles. The number of carbonyl (C=O) groups excluding carboxylic acids is 1. The molecule has 11 heteroatoms. The lowest BCUT2D eigenvalue weighted by atomic mass is 10.00. The number of hydrogen-bond acceptors (Lipinski definition) is 5. The maximum absolute atomic E-state index is 12.9. The molecule has 0 spiro atoms. The third-order valence-corrected chi connectivity index (χ3v) is 4.86. The maximum Gasteiger partial charge on any atom is 0.490 e. The van der Waals surface area contributed by atoms with Crippen LogP contribution in [0.25, 0.3) is 0 Å². The molecule has 0 radical (unpaired) electrons. The van der Waals surface area contributed by atoms with Crippen LogP contribution in [0.3, 0.4) is 0 Å². The van der Waals surface area contributed by atoms with Gasteiger partial charge in [0.25, 0.3) is 0 Å². The number of nitrogens with one attached hydrogen (secondary N) is 1. The van der Waals surface area contributed by atoms with Crippen molar-refractivity contribution in [3.05, 3.63) is 53.6 Å². The summed E-state index contributed by atoms with van der Waals surface area (Å²) in [6, 6.07) is 10.0. The van der Waals surface area contributed by atoms with Crippen LogP contribution in [-0.2, 0) is 22.6 Å². The summed E-state index contributed by atoms with van der Waals surface area (Å²) >= 11 is 0. The SMILES string of the molecule is CC(C)n1cnc2c1C(C(=O)NCCO)N(Cc1ccccc1)CC2.O=C(O)C(F)(F)F. The third-order valence-electron chi connectivity index (χ3n) is 4.86. The summed E-state index contributed by atoms with van der Waals surface area (Å²) in [6.45, 7) is 5.89. The second-order valence-corrected chi connectivity index (χ2v) is 7.50. The molecule has 3 N–H and O–H groups in total. The average molecular weight is 456 g/mol. The summed E-state index contributed by atoms with van der Waals surface area (Å²) in [5, 5.41) is 19.0. The van der Waals surface area contributed by atoms with Crippen LogP contribution in [0.4, 0.5) is 13.2 Å². The normalized spacial score (nSPS) is 16.2. The number of aliphatic hydroxyl groups is 1. The van der Waals surface area contributed by atoms with E-state index in [4.69, 9.17) is 15.0 Å². The minimum atomic E-state index is -5.08. The first-order valence-corrected chi connectivity index (χ1v) is 10.1. The molecular formula is C21H27F3N4O4. The molecule has 32 heavy (non-hydrogen) atoms. The summed E-state index contributed by atoms with van der Waals surface area (Å²) in [6.07, 6.45) is -2.40. The molecule has 0 bridgehead atoms. The van der Waals surface area contributed by atoms with Gasteiger partial charge in [0.1, 0.15) is 6.04 Å². The number of nitrogens with zero attached hydrogens (tertiary/aromatic N) is 3. The van der Waals surface area contributed by atoms with E-state index in [9.17, 15) is 18.0 Å². The predicted octanol–water partition coefficient (Wildman–Crippen LogP) is 2.31. The minimum absolute atomic E-state index is 0.0621. The average Bonchev–Trinajstić information content (AvgIpc) is 3.17. The van der Waals surface area contributed by atoms with Gasteiger partial charge in [-0.1, -0.05) is 30.3 Å². The van der Waals surface area contributed by atoms with Crippen molar-refractivity contribution in [2.24, 2.45) is 0 Å². The number of aromatic nitrogens is 2. The van der Waals surface area contributed by atoms with E-state index < -0.39 is 12.1 Å². The molecule has 1 aromatic heterocycles. The molecule has 1 unspecified atom stereocenters. The first-order valence-electron chi connectivity index (χ1n) is 10.1. The summed E-state index contributed by atoms with van der Waals surface area (Å²) < 4.78 is 33.8. The molecule has 3 rings (SSSR count). The Morgan fingerprint density at radius 1 is 1.25 bits per heavy atom. The van der Waals surface area contributed by atoms with Gasteiger partial charge in [0.05, 0.1) is 24.3 Å². The zero-order valence-electron chi connectivity index (χ0n) is 17.8. The number of carbonyl (C=O) groups is 2. The van der Waals surface area contributed by atoms with Crippen LogP contribution >= 0.6 is 0 Å². The molecule has 8 nitrogen and oxygen atoms in total. The Kier molecular flexibility index (Phi) is 8.79. The molecular weight excluding hydrogens is 429 g/mol. The van der Waals surface area contributed by atoms with Crippen molar-refractivity contribution in [3.63, 3.8) is 0 Å². The number of hydrogen-bond donors (Lipinski definition) is 3. The monoisotopic (exact) mass is 456 g/mol. The molecule has 1 amide bonds. The number of imidazole rings is 1. The van der Waals surface area contributed by atoms with Crippen molar-refractivity contribution >= 4 is 11.9 Å². The minimum Gasteiger partial charge on any atom is -0.475 e. The largest absolute Gasteiger partial charge is 0.490 e. The number of halogens is 3. The zero-order chi connectivity index (χ0) is 23.9. The second-order valence-electron chi connectivity index (χ2n) is 7.50. The van der Waals surface area contributed by atoms with Crippen LogP contribution in [0, 0.1) is 0 Å². The number of alkyl halides is 3. The van der Waals surface area contributed by atoms with E-state index in [2.05, 4.69) is 45.7 Å². The number of carboxylic acids is 1. The van der Waals surface area contributed by atoms with Crippen molar-refractivity contribution < 1.29 is 33.0 Å². The molecule has 0 saturated carbocycles. The fourth-order valence-electron chi connectivity index (χ4n) is 3.42. The van der Waals surface area contributed by atoms with Gasteiger partial charge in [-0.05, 0) is 19.4 Å². The summed E-state index contributed by atoms with van der Waals surface area (Å²) in [5.74, 6) is -2.83. The number of carboxylic acid groups (broad SMARTS) is 1. The van der Waals surface area contributed by atoms with Crippen LogP contribution in [0.15, 0.2) is 36.7 Å². The van der Waals surface area contributed by atoms with Gasteiger partial charge >= 0.3 is 12.1 Å².